The maximum Gasteiger partial charge on any atom is 0.126 e. The van der Waals surface area contributed by atoms with E-state index in [1.807, 2.05) is 25.1 Å². The summed E-state index contributed by atoms with van der Waals surface area (Å²) in [5.74, 6) is 0.778. The van der Waals surface area contributed by atoms with Gasteiger partial charge in [-0.3, -0.25) is 0 Å². The number of hydrogen-bond donors (Lipinski definition) is 0. The number of aryl methyl sites for hydroxylation is 1. The van der Waals surface area contributed by atoms with Crippen LogP contribution in [0.15, 0.2) is 103 Å². The van der Waals surface area contributed by atoms with Crippen molar-refractivity contribution in [3.63, 3.8) is 0 Å². The lowest BCUT2D eigenvalue weighted by Gasteiger charge is -2.12. The highest BCUT2D eigenvalue weighted by Crippen LogP contribution is 2.37. The van der Waals surface area contributed by atoms with Gasteiger partial charge in [0.25, 0.3) is 0 Å². The summed E-state index contributed by atoms with van der Waals surface area (Å²) < 4.78 is 0. The first kappa shape index (κ1) is 17.8. The Morgan fingerprint density at radius 2 is 0.903 bits per heavy atom. The Labute approximate surface area is 180 Å². The summed E-state index contributed by atoms with van der Waals surface area (Å²) >= 11 is 0. The van der Waals surface area contributed by atoms with Crippen molar-refractivity contribution in [2.45, 2.75) is 6.92 Å². The summed E-state index contributed by atoms with van der Waals surface area (Å²) in [6.07, 6.45) is 0. The van der Waals surface area contributed by atoms with E-state index in [1.165, 1.54) is 32.3 Å². The molecule has 0 radical (unpaired) electrons. The maximum atomic E-state index is 4.77. The van der Waals surface area contributed by atoms with Gasteiger partial charge in [0.1, 0.15) is 5.82 Å². The molecule has 31 heavy (non-hydrogen) atoms. The second-order valence-corrected chi connectivity index (χ2v) is 7.90. The third kappa shape index (κ3) is 2.96. The highest BCUT2D eigenvalue weighted by Gasteiger charge is 2.11. The molecule has 0 fully saturated rings. The predicted molar refractivity (Wildman–Crippen MR) is 130 cm³/mol. The van der Waals surface area contributed by atoms with E-state index in [9.17, 15) is 0 Å². The summed E-state index contributed by atoms with van der Waals surface area (Å²) in [4.78, 5) is 9.44. The molecule has 0 aliphatic carbocycles. The molecule has 1 aromatic heterocycles. The van der Waals surface area contributed by atoms with Gasteiger partial charge in [-0.05, 0) is 51.4 Å². The fourth-order valence-electron chi connectivity index (χ4n) is 4.54. The van der Waals surface area contributed by atoms with Crippen LogP contribution in [0.4, 0.5) is 0 Å². The zero-order chi connectivity index (χ0) is 20.8. The molecule has 0 N–H and O–H groups in total. The van der Waals surface area contributed by atoms with E-state index >= 15 is 0 Å². The molecule has 0 aliphatic rings. The van der Waals surface area contributed by atoms with Gasteiger partial charge >= 0.3 is 0 Å². The number of benzene rings is 5. The quantitative estimate of drug-likeness (QED) is 0.282. The summed E-state index contributed by atoms with van der Waals surface area (Å²) in [5, 5.41) is 7.66. The molecule has 6 rings (SSSR count). The van der Waals surface area contributed by atoms with E-state index in [4.69, 9.17) is 4.98 Å². The molecule has 1 heterocycles. The van der Waals surface area contributed by atoms with Crippen LogP contribution < -0.4 is 0 Å². The first-order valence-corrected chi connectivity index (χ1v) is 10.5. The van der Waals surface area contributed by atoms with Gasteiger partial charge in [0, 0.05) is 11.1 Å². The van der Waals surface area contributed by atoms with Gasteiger partial charge < -0.3 is 0 Å². The van der Waals surface area contributed by atoms with Gasteiger partial charge in [-0.1, -0.05) is 91.0 Å². The number of rotatable bonds is 2. The molecule has 146 valence electrons. The van der Waals surface area contributed by atoms with E-state index < -0.39 is 0 Å². The third-order valence-corrected chi connectivity index (χ3v) is 5.95. The maximum absolute atomic E-state index is 4.77. The Hall–Kier alpha value is -4.04. The fourth-order valence-corrected chi connectivity index (χ4v) is 4.54. The van der Waals surface area contributed by atoms with Crippen molar-refractivity contribution >= 4 is 32.3 Å². The second kappa shape index (κ2) is 7.03. The third-order valence-electron chi connectivity index (χ3n) is 5.95. The Bertz CT molecular complexity index is 1550. The van der Waals surface area contributed by atoms with Crippen molar-refractivity contribution in [3.05, 3.63) is 109 Å². The lowest BCUT2D eigenvalue weighted by atomic mass is 9.93. The van der Waals surface area contributed by atoms with Crippen LogP contribution in [0.1, 0.15) is 5.82 Å². The minimum atomic E-state index is 0.778. The normalized spacial score (nSPS) is 11.4. The highest BCUT2D eigenvalue weighted by molar-refractivity contribution is 6.25. The van der Waals surface area contributed by atoms with Crippen molar-refractivity contribution < 1.29 is 0 Å². The van der Waals surface area contributed by atoms with Gasteiger partial charge in [0.2, 0.25) is 0 Å². The van der Waals surface area contributed by atoms with Crippen molar-refractivity contribution in [3.8, 4) is 22.5 Å². The monoisotopic (exact) mass is 396 g/mol. The van der Waals surface area contributed by atoms with Crippen molar-refractivity contribution in [1.29, 1.82) is 0 Å². The number of fused-ring (bicyclic) bond motifs is 6. The Morgan fingerprint density at radius 1 is 0.419 bits per heavy atom. The predicted octanol–water partition coefficient (Wildman–Crippen LogP) is 7.58. The van der Waals surface area contributed by atoms with Gasteiger partial charge in [0.15, 0.2) is 0 Å². The Morgan fingerprint density at radius 3 is 1.52 bits per heavy atom. The van der Waals surface area contributed by atoms with E-state index in [-0.39, 0.29) is 0 Å². The van der Waals surface area contributed by atoms with Crippen LogP contribution >= 0.6 is 0 Å². The molecule has 0 spiro atoms. The Kier molecular flexibility index (Phi) is 4.03. The molecule has 0 aliphatic heterocycles. The van der Waals surface area contributed by atoms with Crippen LogP contribution in [0, 0.1) is 6.92 Å². The summed E-state index contributed by atoms with van der Waals surface area (Å²) in [7, 11) is 0. The zero-order valence-corrected chi connectivity index (χ0v) is 17.2. The van der Waals surface area contributed by atoms with E-state index in [0.717, 1.165) is 28.3 Å². The second-order valence-electron chi connectivity index (χ2n) is 7.90. The molecule has 0 unspecified atom stereocenters. The first-order valence-electron chi connectivity index (χ1n) is 10.5. The van der Waals surface area contributed by atoms with Crippen molar-refractivity contribution in [1.82, 2.24) is 9.97 Å². The number of nitrogens with zero attached hydrogens (tertiary/aromatic N) is 2. The minimum absolute atomic E-state index is 0.778. The van der Waals surface area contributed by atoms with Gasteiger partial charge in [-0.2, -0.15) is 0 Å². The Balaban J connectivity index is 1.63. The molecular formula is C29H20N2. The summed E-state index contributed by atoms with van der Waals surface area (Å²) in [6, 6.07) is 36.4. The van der Waals surface area contributed by atoms with E-state index in [1.54, 1.807) is 0 Å². The molecule has 6 aromatic rings. The SMILES string of the molecule is Cc1nc(-c2ccccc2)cc(-c2ccc3c4ccccc4c4ccccc4c3c2)n1. The molecule has 0 bridgehead atoms. The number of hydrogen-bond acceptors (Lipinski definition) is 2. The van der Waals surface area contributed by atoms with Crippen LogP contribution in [0.5, 0.6) is 0 Å². The molecule has 0 amide bonds. The van der Waals surface area contributed by atoms with Crippen LogP contribution in [0.25, 0.3) is 54.8 Å². The van der Waals surface area contributed by atoms with Crippen LogP contribution in [-0.2, 0) is 0 Å². The average Bonchev–Trinajstić information content (AvgIpc) is 2.84. The van der Waals surface area contributed by atoms with Gasteiger partial charge in [0.05, 0.1) is 11.4 Å². The van der Waals surface area contributed by atoms with Crippen molar-refractivity contribution in [2.24, 2.45) is 0 Å². The van der Waals surface area contributed by atoms with Crippen molar-refractivity contribution in [2.75, 3.05) is 0 Å². The van der Waals surface area contributed by atoms with E-state index in [2.05, 4.69) is 89.9 Å². The highest BCUT2D eigenvalue weighted by atomic mass is 14.9. The smallest absolute Gasteiger partial charge is 0.126 e. The van der Waals surface area contributed by atoms with Crippen LogP contribution in [-0.4, -0.2) is 9.97 Å². The molecule has 5 aromatic carbocycles. The molecule has 2 nitrogen and oxygen atoms in total. The topological polar surface area (TPSA) is 25.8 Å². The lowest BCUT2D eigenvalue weighted by Crippen LogP contribution is -1.95. The molecule has 0 saturated carbocycles. The lowest BCUT2D eigenvalue weighted by molar-refractivity contribution is 1.06. The summed E-state index contributed by atoms with van der Waals surface area (Å²) in [6.45, 7) is 1.96. The van der Waals surface area contributed by atoms with Gasteiger partial charge in [-0.25, -0.2) is 9.97 Å². The molecule has 0 saturated heterocycles. The summed E-state index contributed by atoms with van der Waals surface area (Å²) in [5.41, 5.74) is 4.11. The number of aromatic nitrogens is 2. The van der Waals surface area contributed by atoms with Crippen LogP contribution in [0.2, 0.25) is 0 Å². The van der Waals surface area contributed by atoms with Gasteiger partial charge in [-0.15, -0.1) is 0 Å². The minimum Gasteiger partial charge on any atom is -0.233 e. The zero-order valence-electron chi connectivity index (χ0n) is 17.2. The van der Waals surface area contributed by atoms with Crippen LogP contribution in [0.3, 0.4) is 0 Å². The van der Waals surface area contributed by atoms with E-state index in [0.29, 0.717) is 0 Å². The first-order chi connectivity index (χ1) is 15.3. The molecule has 2 heteroatoms. The fraction of sp³-hybridized carbons (Fsp3) is 0.0345. The standard InChI is InChI=1S/C29H20N2/c1-19-30-28(20-9-3-2-4-10-20)18-29(31-19)21-15-16-26-24-13-6-5-11-22(24)23-12-7-8-14-25(23)27(26)17-21/h2-18H,1H3. The average molecular weight is 396 g/mol. The molecule has 0 atom stereocenters. The largest absolute Gasteiger partial charge is 0.233 e. The molecular weight excluding hydrogens is 376 g/mol.